The van der Waals surface area contributed by atoms with E-state index in [2.05, 4.69) is 4.72 Å². The van der Waals surface area contributed by atoms with Crippen LogP contribution >= 0.6 is 0 Å². The third kappa shape index (κ3) is 9.75. The molecule has 1 aliphatic heterocycles. The topological polar surface area (TPSA) is 152 Å². The minimum atomic E-state index is -3.96. The van der Waals surface area contributed by atoms with Crippen molar-refractivity contribution in [2.24, 2.45) is 5.92 Å². The third-order valence-electron chi connectivity index (χ3n) is 8.84. The number of carbonyl (C=O) groups is 1. The summed E-state index contributed by atoms with van der Waals surface area (Å²) in [4.78, 5) is 16.1. The van der Waals surface area contributed by atoms with Gasteiger partial charge >= 0.3 is 0 Å². The molecule has 0 saturated heterocycles. The number of likely N-dealkylation sites (N-methyl/N-ethyl adjacent to an activating group) is 1. The van der Waals surface area contributed by atoms with Gasteiger partial charge < -0.3 is 24.2 Å². The SMILES string of the molecule is COc1ccc(S(=O)(=O)N(C)C[C@@H]2OCCCC[C@H](C)Oc3ccc(NS(=O)(=O)c4ccc(C)cc4)cc3C(=O)N([C@@H](C)CO)C[C@@H]2C)cc1. The number of nitrogens with zero attached hydrogens (tertiary/aromatic N) is 2. The Morgan fingerprint density at radius 3 is 2.30 bits per heavy atom. The second kappa shape index (κ2) is 17.0. The van der Waals surface area contributed by atoms with Crippen LogP contribution < -0.4 is 14.2 Å². The van der Waals surface area contributed by atoms with Gasteiger partial charge in [-0.2, -0.15) is 4.31 Å². The van der Waals surface area contributed by atoms with Crippen molar-refractivity contribution in [3.8, 4) is 11.5 Å². The monoisotopic (exact) mass is 731 g/mol. The smallest absolute Gasteiger partial charge is 0.261 e. The molecule has 1 heterocycles. The van der Waals surface area contributed by atoms with E-state index in [0.717, 1.165) is 12.0 Å². The van der Waals surface area contributed by atoms with Crippen molar-refractivity contribution < 1.29 is 40.9 Å². The molecule has 1 amide bonds. The normalized spacial score (nSPS) is 20.4. The number of fused-ring (bicyclic) bond motifs is 1. The zero-order valence-electron chi connectivity index (χ0n) is 29.5. The van der Waals surface area contributed by atoms with Crippen LogP contribution in [0.15, 0.2) is 76.5 Å². The lowest BCUT2D eigenvalue weighted by molar-refractivity contribution is -0.00833. The van der Waals surface area contributed by atoms with Crippen LogP contribution in [0.4, 0.5) is 5.69 Å². The van der Waals surface area contributed by atoms with Gasteiger partial charge in [-0.25, -0.2) is 16.8 Å². The average molecular weight is 732 g/mol. The molecular weight excluding hydrogens is 683 g/mol. The molecule has 0 saturated carbocycles. The summed E-state index contributed by atoms with van der Waals surface area (Å²) in [7, 11) is -4.84. The first-order valence-corrected chi connectivity index (χ1v) is 19.6. The van der Waals surface area contributed by atoms with Gasteiger partial charge in [-0.1, -0.05) is 24.6 Å². The molecule has 0 aliphatic carbocycles. The summed E-state index contributed by atoms with van der Waals surface area (Å²) < 4.78 is 75.1. The minimum absolute atomic E-state index is 0.0199. The highest BCUT2D eigenvalue weighted by Crippen LogP contribution is 2.30. The first kappa shape index (κ1) is 39.1. The quantitative estimate of drug-likeness (QED) is 0.296. The maximum absolute atomic E-state index is 14.4. The predicted octanol–water partition coefficient (Wildman–Crippen LogP) is 4.92. The molecule has 12 nitrogen and oxygen atoms in total. The highest BCUT2D eigenvalue weighted by Gasteiger charge is 2.32. The lowest BCUT2D eigenvalue weighted by Gasteiger charge is -2.35. The van der Waals surface area contributed by atoms with Gasteiger partial charge in [0.2, 0.25) is 10.0 Å². The number of carbonyl (C=O) groups excluding carboxylic acids is 1. The van der Waals surface area contributed by atoms with E-state index in [1.807, 2.05) is 20.8 Å². The summed E-state index contributed by atoms with van der Waals surface area (Å²) in [6.45, 7) is 7.50. The van der Waals surface area contributed by atoms with Crippen molar-refractivity contribution in [3.63, 3.8) is 0 Å². The van der Waals surface area contributed by atoms with Crippen molar-refractivity contribution >= 4 is 31.6 Å². The summed E-state index contributed by atoms with van der Waals surface area (Å²) >= 11 is 0. The molecule has 0 fully saturated rings. The van der Waals surface area contributed by atoms with Gasteiger partial charge in [0.15, 0.2) is 0 Å². The zero-order chi connectivity index (χ0) is 36.6. The number of rotatable bonds is 10. The van der Waals surface area contributed by atoms with Crippen LogP contribution in [0, 0.1) is 12.8 Å². The molecule has 1 aliphatic rings. The van der Waals surface area contributed by atoms with Crippen LogP contribution in [0.25, 0.3) is 0 Å². The molecule has 0 radical (unpaired) electrons. The number of anilines is 1. The Hall–Kier alpha value is -3.69. The molecule has 4 atom stereocenters. The summed E-state index contributed by atoms with van der Waals surface area (Å²) in [5.74, 6) is -0.0314. The zero-order valence-corrected chi connectivity index (χ0v) is 31.2. The van der Waals surface area contributed by atoms with Crippen molar-refractivity contribution in [2.45, 2.75) is 75.0 Å². The number of aliphatic hydroxyl groups is 1. The molecule has 3 aromatic rings. The van der Waals surface area contributed by atoms with Crippen molar-refractivity contribution in [2.75, 3.05) is 45.2 Å². The van der Waals surface area contributed by atoms with Gasteiger partial charge in [-0.05, 0) is 94.6 Å². The van der Waals surface area contributed by atoms with E-state index in [1.54, 1.807) is 43.3 Å². The van der Waals surface area contributed by atoms with E-state index in [0.29, 0.717) is 30.9 Å². The van der Waals surface area contributed by atoms with E-state index in [4.69, 9.17) is 14.2 Å². The highest BCUT2D eigenvalue weighted by atomic mass is 32.2. The molecule has 0 bridgehead atoms. The number of nitrogens with one attached hydrogen (secondary N) is 1. The molecule has 274 valence electrons. The number of aliphatic hydroxyl groups excluding tert-OH is 1. The van der Waals surface area contributed by atoms with Gasteiger partial charge in [0.1, 0.15) is 11.5 Å². The van der Waals surface area contributed by atoms with Crippen molar-refractivity contribution in [1.29, 1.82) is 0 Å². The van der Waals surface area contributed by atoms with E-state index < -0.39 is 38.1 Å². The number of methoxy groups -OCH3 is 1. The Labute approximate surface area is 296 Å². The fraction of sp³-hybridized carbons (Fsp3) is 0.472. The highest BCUT2D eigenvalue weighted by molar-refractivity contribution is 7.92. The van der Waals surface area contributed by atoms with Crippen LogP contribution in [0.5, 0.6) is 11.5 Å². The van der Waals surface area contributed by atoms with Gasteiger partial charge in [0.05, 0.1) is 47.3 Å². The molecular formula is C36H49N3O9S2. The van der Waals surface area contributed by atoms with Crippen LogP contribution in [-0.2, 0) is 24.8 Å². The van der Waals surface area contributed by atoms with Crippen LogP contribution in [0.3, 0.4) is 0 Å². The fourth-order valence-corrected chi connectivity index (χ4v) is 7.89. The Morgan fingerprint density at radius 1 is 1.00 bits per heavy atom. The summed E-state index contributed by atoms with van der Waals surface area (Å²) in [5.41, 5.74) is 1.21. The van der Waals surface area contributed by atoms with E-state index in [9.17, 15) is 26.7 Å². The number of amides is 1. The summed E-state index contributed by atoms with van der Waals surface area (Å²) in [6, 6.07) is 16.5. The first-order valence-electron chi connectivity index (χ1n) is 16.7. The Morgan fingerprint density at radius 2 is 1.66 bits per heavy atom. The van der Waals surface area contributed by atoms with E-state index in [1.165, 1.54) is 53.7 Å². The van der Waals surface area contributed by atoms with Gasteiger partial charge in [0, 0.05) is 38.3 Å². The number of benzene rings is 3. The third-order valence-corrected chi connectivity index (χ3v) is 12.1. The largest absolute Gasteiger partial charge is 0.497 e. The molecule has 0 aromatic heterocycles. The Balaban J connectivity index is 1.66. The first-order chi connectivity index (χ1) is 23.7. The maximum atomic E-state index is 14.4. The molecule has 50 heavy (non-hydrogen) atoms. The molecule has 4 rings (SSSR count). The molecule has 2 N–H and O–H groups in total. The Bertz CT molecular complexity index is 1800. The number of aryl methyl sites for hydroxylation is 1. The summed E-state index contributed by atoms with van der Waals surface area (Å²) in [6.07, 6.45) is 1.24. The van der Waals surface area contributed by atoms with Gasteiger partial charge in [-0.3, -0.25) is 9.52 Å². The number of sulfonamides is 2. The summed E-state index contributed by atoms with van der Waals surface area (Å²) in [5, 5.41) is 10.2. The predicted molar refractivity (Wildman–Crippen MR) is 192 cm³/mol. The second-order valence-electron chi connectivity index (χ2n) is 12.9. The van der Waals surface area contributed by atoms with Gasteiger partial charge in [-0.15, -0.1) is 0 Å². The lowest BCUT2D eigenvalue weighted by atomic mass is 10.0. The van der Waals surface area contributed by atoms with E-state index >= 15 is 0 Å². The number of ether oxygens (including phenoxy) is 3. The minimum Gasteiger partial charge on any atom is -0.497 e. The maximum Gasteiger partial charge on any atom is 0.261 e. The fourth-order valence-electron chi connectivity index (χ4n) is 5.66. The molecule has 0 unspecified atom stereocenters. The van der Waals surface area contributed by atoms with Crippen LogP contribution in [-0.4, -0.2) is 95.8 Å². The van der Waals surface area contributed by atoms with Crippen LogP contribution in [0.1, 0.15) is 56.0 Å². The van der Waals surface area contributed by atoms with Crippen LogP contribution in [0.2, 0.25) is 0 Å². The molecule has 3 aromatic carbocycles. The Kier molecular flexibility index (Phi) is 13.3. The van der Waals surface area contributed by atoms with Crippen molar-refractivity contribution in [3.05, 3.63) is 77.9 Å². The molecule has 0 spiro atoms. The van der Waals surface area contributed by atoms with Gasteiger partial charge in [0.25, 0.3) is 15.9 Å². The van der Waals surface area contributed by atoms with Crippen molar-refractivity contribution in [1.82, 2.24) is 9.21 Å². The van der Waals surface area contributed by atoms with E-state index in [-0.39, 0.29) is 52.8 Å². The average Bonchev–Trinajstić information content (AvgIpc) is 3.09. The number of hydrogen-bond acceptors (Lipinski definition) is 9. The standard InChI is InChI=1S/C36H49N3O9S2/c1-25-10-15-31(16-11-25)49(42,43)37-29-12-19-34-33(21-29)36(41)39(27(3)24-40)22-26(2)35(47-20-8-7-9-28(4)48-34)23-38(5)50(44,45)32-17-13-30(46-6)14-18-32/h10-19,21,26-28,35,37,40H,7-9,20,22-24H2,1-6H3/t26-,27-,28-,35-/m0/s1. The lowest BCUT2D eigenvalue weighted by Crippen LogP contribution is -2.48. The molecule has 14 heteroatoms. The number of hydrogen-bond donors (Lipinski definition) is 2. The second-order valence-corrected chi connectivity index (χ2v) is 16.6.